The van der Waals surface area contributed by atoms with Gasteiger partial charge >= 0.3 is 5.97 Å². The molecular weight excluding hydrogens is 402 g/mol. The quantitative estimate of drug-likeness (QED) is 0.539. The van der Waals surface area contributed by atoms with Crippen molar-refractivity contribution in [1.82, 2.24) is 20.1 Å². The van der Waals surface area contributed by atoms with Crippen LogP contribution < -0.4 is 10.6 Å². The summed E-state index contributed by atoms with van der Waals surface area (Å²) >= 11 is 0. The Hall–Kier alpha value is -3.01. The van der Waals surface area contributed by atoms with Crippen LogP contribution in [0, 0.1) is 5.92 Å². The molecule has 10 nitrogen and oxygen atoms in total. The number of carbonyl (C=O) groups excluding carboxylic acids is 4. The highest BCUT2D eigenvalue weighted by Crippen LogP contribution is 2.20. The average molecular weight is 433 g/mol. The van der Waals surface area contributed by atoms with E-state index in [1.807, 2.05) is 0 Å². The number of nitrogens with zero attached hydrogens (tertiary/aromatic N) is 3. The molecule has 2 atom stereocenters. The van der Waals surface area contributed by atoms with Crippen LogP contribution in [0.5, 0.6) is 0 Å². The fraction of sp³-hybridized carbons (Fsp3) is 0.571. The van der Waals surface area contributed by atoms with Crippen molar-refractivity contribution in [2.24, 2.45) is 5.92 Å². The minimum absolute atomic E-state index is 0.0536. The molecule has 3 amide bonds. The third-order valence-corrected chi connectivity index (χ3v) is 5.86. The number of quaternary nitrogens is 1. The molecule has 168 valence electrons. The van der Waals surface area contributed by atoms with Crippen molar-refractivity contribution >= 4 is 23.7 Å². The lowest BCUT2D eigenvalue weighted by Crippen LogP contribution is -2.86. The molecule has 0 aromatic carbocycles. The summed E-state index contributed by atoms with van der Waals surface area (Å²) in [6, 6.07) is 1.61. The zero-order valence-corrected chi connectivity index (χ0v) is 18.0. The zero-order chi connectivity index (χ0) is 22.4. The van der Waals surface area contributed by atoms with Crippen molar-refractivity contribution in [3.63, 3.8) is 0 Å². The molecule has 0 unspecified atom stereocenters. The van der Waals surface area contributed by atoms with Crippen molar-refractivity contribution < 1.29 is 29.2 Å². The zero-order valence-electron chi connectivity index (χ0n) is 18.0. The molecule has 2 saturated heterocycles. The topological polar surface area (TPSA) is 126 Å². The van der Waals surface area contributed by atoms with E-state index in [0.29, 0.717) is 12.1 Å². The van der Waals surface area contributed by atoms with E-state index in [9.17, 15) is 19.2 Å². The van der Waals surface area contributed by atoms with Crippen LogP contribution in [0.25, 0.3) is 0 Å². The van der Waals surface area contributed by atoms with Gasteiger partial charge in [0.15, 0.2) is 0 Å². The third kappa shape index (κ3) is 5.38. The highest BCUT2D eigenvalue weighted by molar-refractivity contribution is 5.96. The largest absolute Gasteiger partial charge is 0.467 e. The summed E-state index contributed by atoms with van der Waals surface area (Å²) in [7, 11) is 1.25. The SMILES string of the molecule is COC(=O)[C@@H](C)NC(=O)[C@H]1CN(C(=O)c2cccnc2)CCN1C(=O)C1CC[NH2+]CC1. The Labute approximate surface area is 181 Å². The number of hydrogen-bond acceptors (Lipinski definition) is 6. The van der Waals surface area contributed by atoms with E-state index in [1.165, 1.54) is 20.2 Å². The lowest BCUT2D eigenvalue weighted by molar-refractivity contribution is -0.664. The second-order valence-corrected chi connectivity index (χ2v) is 7.93. The van der Waals surface area contributed by atoms with Crippen molar-refractivity contribution in [2.45, 2.75) is 31.8 Å². The van der Waals surface area contributed by atoms with Crippen LogP contribution >= 0.6 is 0 Å². The van der Waals surface area contributed by atoms with Crippen molar-refractivity contribution in [2.75, 3.05) is 39.8 Å². The Morgan fingerprint density at radius 3 is 2.61 bits per heavy atom. The number of hydrogen-bond donors (Lipinski definition) is 2. The van der Waals surface area contributed by atoms with Crippen LogP contribution in [0.1, 0.15) is 30.1 Å². The number of rotatable bonds is 5. The Morgan fingerprint density at radius 1 is 1.23 bits per heavy atom. The number of esters is 1. The van der Waals surface area contributed by atoms with Gasteiger partial charge in [-0.2, -0.15) is 0 Å². The summed E-state index contributed by atoms with van der Waals surface area (Å²) in [6.07, 6.45) is 4.59. The molecule has 1 aromatic heterocycles. The molecular formula is C21H30N5O5+. The first-order valence-electron chi connectivity index (χ1n) is 10.6. The first kappa shape index (κ1) is 22.7. The van der Waals surface area contributed by atoms with Gasteiger partial charge in [-0.3, -0.25) is 19.4 Å². The van der Waals surface area contributed by atoms with E-state index >= 15 is 0 Å². The Balaban J connectivity index is 1.78. The van der Waals surface area contributed by atoms with Crippen LogP contribution in [0.3, 0.4) is 0 Å². The first-order valence-corrected chi connectivity index (χ1v) is 10.6. The molecule has 31 heavy (non-hydrogen) atoms. The highest BCUT2D eigenvalue weighted by Gasteiger charge is 2.40. The molecule has 0 aliphatic carbocycles. The van der Waals surface area contributed by atoms with Crippen LogP contribution in [-0.2, 0) is 19.1 Å². The highest BCUT2D eigenvalue weighted by atomic mass is 16.5. The maximum Gasteiger partial charge on any atom is 0.328 e. The molecule has 0 spiro atoms. The fourth-order valence-electron chi connectivity index (χ4n) is 4.08. The van der Waals surface area contributed by atoms with Gasteiger partial charge in [-0.1, -0.05) is 0 Å². The molecule has 2 fully saturated rings. The Morgan fingerprint density at radius 2 is 1.97 bits per heavy atom. The number of pyridine rings is 1. The number of ether oxygens (including phenoxy) is 1. The van der Waals surface area contributed by atoms with Gasteiger partial charge in [0, 0.05) is 44.2 Å². The van der Waals surface area contributed by atoms with Crippen molar-refractivity contribution in [3.05, 3.63) is 30.1 Å². The van der Waals surface area contributed by atoms with Gasteiger partial charge in [-0.25, -0.2) is 4.79 Å². The van der Waals surface area contributed by atoms with Gasteiger partial charge in [0.1, 0.15) is 12.1 Å². The Kier molecular flexibility index (Phi) is 7.56. The van der Waals surface area contributed by atoms with Crippen LogP contribution in [0.2, 0.25) is 0 Å². The predicted molar refractivity (Wildman–Crippen MR) is 110 cm³/mol. The molecule has 1 aromatic rings. The molecule has 0 saturated carbocycles. The van der Waals surface area contributed by atoms with Crippen LogP contribution in [0.4, 0.5) is 0 Å². The summed E-state index contributed by atoms with van der Waals surface area (Å²) in [5, 5.41) is 4.80. The first-order chi connectivity index (χ1) is 14.9. The number of piperazine rings is 1. The minimum atomic E-state index is -0.875. The van der Waals surface area contributed by atoms with E-state index in [-0.39, 0.29) is 30.8 Å². The fourth-order valence-corrected chi connectivity index (χ4v) is 4.08. The normalized spacial score (nSPS) is 20.6. The standard InChI is InChI=1S/C21H29N5O5/c1-14(21(30)31-2)24-18(27)17-13-25(19(28)16-4-3-7-23-12-16)10-11-26(17)20(29)15-5-8-22-9-6-15/h3-4,7,12,14-15,17,22H,5-6,8-11,13H2,1-2H3,(H,24,27)/p+1/t14-,17-/m1/s1. The van der Waals surface area contributed by atoms with E-state index in [0.717, 1.165) is 25.9 Å². The maximum atomic E-state index is 13.2. The smallest absolute Gasteiger partial charge is 0.328 e. The van der Waals surface area contributed by atoms with Gasteiger partial charge in [-0.05, 0) is 19.1 Å². The van der Waals surface area contributed by atoms with Crippen molar-refractivity contribution in [1.29, 1.82) is 0 Å². The number of carbonyl (C=O) groups is 4. The number of amides is 3. The van der Waals surface area contributed by atoms with Gasteiger partial charge in [-0.15, -0.1) is 0 Å². The van der Waals surface area contributed by atoms with Gasteiger partial charge in [0.05, 0.1) is 32.3 Å². The Bertz CT molecular complexity index is 812. The number of nitrogens with one attached hydrogen (secondary N) is 1. The molecule has 3 heterocycles. The average Bonchev–Trinajstić information content (AvgIpc) is 2.83. The molecule has 3 rings (SSSR count). The molecule has 0 radical (unpaired) electrons. The van der Waals surface area contributed by atoms with Crippen LogP contribution in [-0.4, -0.2) is 90.4 Å². The second kappa shape index (κ2) is 10.3. The van der Waals surface area contributed by atoms with E-state index in [4.69, 9.17) is 0 Å². The minimum Gasteiger partial charge on any atom is -0.467 e. The lowest BCUT2D eigenvalue weighted by atomic mass is 9.95. The van der Waals surface area contributed by atoms with Gasteiger partial charge in [0.25, 0.3) is 5.91 Å². The molecule has 0 bridgehead atoms. The van der Waals surface area contributed by atoms with E-state index in [1.54, 1.807) is 28.1 Å². The number of piperidine rings is 1. The summed E-state index contributed by atoms with van der Waals surface area (Å²) < 4.78 is 4.68. The van der Waals surface area contributed by atoms with Gasteiger partial charge in [0.2, 0.25) is 11.8 Å². The van der Waals surface area contributed by atoms with Crippen LogP contribution in [0.15, 0.2) is 24.5 Å². The predicted octanol–water partition coefficient (Wildman–Crippen LogP) is -1.61. The number of methoxy groups -OCH3 is 1. The monoisotopic (exact) mass is 432 g/mol. The molecule has 2 aliphatic rings. The third-order valence-electron chi connectivity index (χ3n) is 5.86. The number of nitrogens with two attached hydrogens (primary N) is 1. The lowest BCUT2D eigenvalue weighted by Gasteiger charge is -2.42. The van der Waals surface area contributed by atoms with E-state index in [2.05, 4.69) is 20.4 Å². The maximum absolute atomic E-state index is 13.2. The number of aromatic nitrogens is 1. The molecule has 3 N–H and O–H groups in total. The summed E-state index contributed by atoms with van der Waals surface area (Å²) in [4.78, 5) is 58.0. The summed E-state index contributed by atoms with van der Waals surface area (Å²) in [5.41, 5.74) is 0.423. The van der Waals surface area contributed by atoms with E-state index < -0.39 is 24.0 Å². The van der Waals surface area contributed by atoms with Gasteiger partial charge < -0.3 is 25.2 Å². The molecule has 10 heteroatoms. The molecule has 2 aliphatic heterocycles. The van der Waals surface area contributed by atoms with Crippen molar-refractivity contribution in [3.8, 4) is 0 Å². The summed E-state index contributed by atoms with van der Waals surface area (Å²) in [5.74, 6) is -1.48. The summed E-state index contributed by atoms with van der Waals surface area (Å²) in [6.45, 7) is 3.93. The second-order valence-electron chi connectivity index (χ2n) is 7.93.